The fourth-order valence-corrected chi connectivity index (χ4v) is 5.01. The second-order valence-corrected chi connectivity index (χ2v) is 9.50. The van der Waals surface area contributed by atoms with Gasteiger partial charge in [0, 0.05) is 24.3 Å². The fourth-order valence-electron chi connectivity index (χ4n) is 5.01. The molecule has 1 fully saturated rings. The Bertz CT molecular complexity index is 949. The molecule has 5 unspecified atom stereocenters. The minimum atomic E-state index is -1.74. The third-order valence-corrected chi connectivity index (χ3v) is 6.85. The van der Waals surface area contributed by atoms with E-state index in [9.17, 15) is 25.2 Å². The van der Waals surface area contributed by atoms with Crippen LogP contribution >= 0.6 is 0 Å². The lowest BCUT2D eigenvalue weighted by Gasteiger charge is -2.47. The molecular weight excluding hydrogens is 424 g/mol. The predicted molar refractivity (Wildman–Crippen MR) is 121 cm³/mol. The number of carbonyl (C=O) groups excluding carboxylic acids is 1. The van der Waals surface area contributed by atoms with Crippen LogP contribution in [-0.2, 0) is 22.4 Å². The normalized spacial score (nSPS) is 27.4. The first-order valence-electron chi connectivity index (χ1n) is 11.4. The van der Waals surface area contributed by atoms with Crippen molar-refractivity contribution < 1.29 is 34.4 Å². The van der Waals surface area contributed by atoms with Crippen LogP contribution in [0.1, 0.15) is 17.5 Å². The van der Waals surface area contributed by atoms with Crippen molar-refractivity contribution in [3.8, 4) is 0 Å². The molecule has 0 radical (unpaired) electrons. The van der Waals surface area contributed by atoms with Crippen LogP contribution in [0, 0.1) is 0 Å². The van der Waals surface area contributed by atoms with Gasteiger partial charge in [-0.05, 0) is 36.1 Å². The lowest BCUT2D eigenvalue weighted by molar-refractivity contribution is -0.944. The van der Waals surface area contributed by atoms with Gasteiger partial charge >= 0.3 is 0 Å². The molecule has 1 saturated heterocycles. The number of anilines is 2. The number of carbonyl (C=O) groups is 1. The van der Waals surface area contributed by atoms with Gasteiger partial charge < -0.3 is 39.3 Å². The van der Waals surface area contributed by atoms with E-state index in [1.807, 2.05) is 26.2 Å². The average Bonchev–Trinajstić information content (AvgIpc) is 2.94. The second-order valence-electron chi connectivity index (χ2n) is 9.50. The Morgan fingerprint density at radius 3 is 2.06 bits per heavy atom. The Labute approximate surface area is 193 Å². The second kappa shape index (κ2) is 9.40. The van der Waals surface area contributed by atoms with E-state index in [-0.39, 0.29) is 4.48 Å². The lowest BCUT2D eigenvalue weighted by Crippen LogP contribution is -2.69. The van der Waals surface area contributed by atoms with E-state index in [2.05, 4.69) is 41.3 Å². The SMILES string of the molecule is C[N+](C)(CCCN1c2ccccc2CCc2ccccc21)C1OC(C(=O)[O-])C(O)C(O)C1O. The number of rotatable bonds is 6. The van der Waals surface area contributed by atoms with Crippen LogP contribution in [0.15, 0.2) is 48.5 Å². The first kappa shape index (κ1) is 23.7. The molecule has 0 aromatic heterocycles. The molecule has 8 nitrogen and oxygen atoms in total. The van der Waals surface area contributed by atoms with Crippen LogP contribution in [0.25, 0.3) is 0 Å². The number of carboxylic acids is 1. The maximum absolute atomic E-state index is 11.4. The number of benzene rings is 2. The molecular formula is C25H32N2O6. The molecule has 2 aliphatic rings. The first-order valence-corrected chi connectivity index (χ1v) is 11.4. The van der Waals surface area contributed by atoms with Crippen molar-refractivity contribution in [2.45, 2.75) is 49.9 Å². The van der Waals surface area contributed by atoms with Crippen molar-refractivity contribution in [1.29, 1.82) is 0 Å². The summed E-state index contributed by atoms with van der Waals surface area (Å²) in [5.41, 5.74) is 4.94. The van der Waals surface area contributed by atoms with Gasteiger partial charge in [-0.1, -0.05) is 36.4 Å². The van der Waals surface area contributed by atoms with Crippen molar-refractivity contribution in [3.05, 3.63) is 59.7 Å². The van der Waals surface area contributed by atoms with Gasteiger partial charge in [0.2, 0.25) is 6.23 Å². The molecule has 33 heavy (non-hydrogen) atoms. The molecule has 0 saturated carbocycles. The topological polar surface area (TPSA) is 113 Å². The number of aliphatic carboxylic acids is 1. The summed E-state index contributed by atoms with van der Waals surface area (Å²) in [5, 5.41) is 42.0. The third kappa shape index (κ3) is 4.62. The molecule has 0 amide bonds. The standard InChI is InChI=1S/C25H32N2O6/c1-27(2,24-22(30)20(28)21(29)23(33-24)25(31)32)15-7-14-26-18-10-5-3-8-16(18)12-13-17-9-4-6-11-19(17)26/h3-6,8-11,20-24,28-30H,7,12-15H2,1-2H3. The number of aryl methyl sites for hydroxylation is 2. The van der Waals surface area contributed by atoms with Crippen molar-refractivity contribution in [3.63, 3.8) is 0 Å². The van der Waals surface area contributed by atoms with Gasteiger partial charge in [-0.3, -0.25) is 0 Å². The van der Waals surface area contributed by atoms with Gasteiger partial charge in [-0.25, -0.2) is 0 Å². The van der Waals surface area contributed by atoms with Crippen molar-refractivity contribution in [1.82, 2.24) is 0 Å². The van der Waals surface area contributed by atoms with Crippen LogP contribution in [0.4, 0.5) is 11.4 Å². The maximum Gasteiger partial charge on any atom is 0.222 e. The van der Waals surface area contributed by atoms with Crippen LogP contribution in [0.2, 0.25) is 0 Å². The zero-order valence-corrected chi connectivity index (χ0v) is 19.0. The highest BCUT2D eigenvalue weighted by Crippen LogP contribution is 2.36. The molecule has 178 valence electrons. The fraction of sp³-hybridized carbons (Fsp3) is 0.480. The van der Waals surface area contributed by atoms with Gasteiger partial charge in [0.25, 0.3) is 0 Å². The Balaban J connectivity index is 1.51. The summed E-state index contributed by atoms with van der Waals surface area (Å²) in [4.78, 5) is 13.7. The highest BCUT2D eigenvalue weighted by Gasteiger charge is 2.50. The highest BCUT2D eigenvalue weighted by molar-refractivity contribution is 5.71. The number of aliphatic hydroxyl groups is 3. The largest absolute Gasteiger partial charge is 0.547 e. The highest BCUT2D eigenvalue weighted by atomic mass is 16.6. The summed E-state index contributed by atoms with van der Waals surface area (Å²) in [6, 6.07) is 16.8. The Morgan fingerprint density at radius 2 is 1.52 bits per heavy atom. The summed E-state index contributed by atoms with van der Waals surface area (Å²) in [6.07, 6.45) is -4.86. The van der Waals surface area contributed by atoms with Crippen molar-refractivity contribution in [2.24, 2.45) is 0 Å². The first-order chi connectivity index (χ1) is 15.7. The predicted octanol–water partition coefficient (Wildman–Crippen LogP) is -0.0527. The summed E-state index contributed by atoms with van der Waals surface area (Å²) in [7, 11) is 3.63. The number of nitrogens with zero attached hydrogens (tertiary/aromatic N) is 2. The third-order valence-electron chi connectivity index (χ3n) is 6.85. The minimum absolute atomic E-state index is 0.117. The molecule has 2 aromatic rings. The van der Waals surface area contributed by atoms with E-state index in [1.165, 1.54) is 22.5 Å². The molecule has 0 spiro atoms. The smallest absolute Gasteiger partial charge is 0.222 e. The van der Waals surface area contributed by atoms with E-state index in [1.54, 1.807) is 0 Å². The zero-order valence-electron chi connectivity index (χ0n) is 19.0. The quantitative estimate of drug-likeness (QED) is 0.522. The lowest BCUT2D eigenvalue weighted by atomic mass is 9.96. The summed E-state index contributed by atoms with van der Waals surface area (Å²) in [5.74, 6) is -1.61. The van der Waals surface area contributed by atoms with Crippen LogP contribution < -0.4 is 10.0 Å². The Kier molecular flexibility index (Phi) is 6.74. The van der Waals surface area contributed by atoms with E-state index < -0.39 is 36.6 Å². The number of carboxylic acid groups (broad SMARTS) is 1. The average molecular weight is 457 g/mol. The van der Waals surface area contributed by atoms with E-state index in [4.69, 9.17) is 4.74 Å². The molecule has 2 aromatic carbocycles. The molecule has 8 heteroatoms. The van der Waals surface area contributed by atoms with E-state index in [0.717, 1.165) is 19.3 Å². The number of para-hydroxylation sites is 2. The molecule has 2 heterocycles. The zero-order chi connectivity index (χ0) is 23.8. The minimum Gasteiger partial charge on any atom is -0.547 e. The number of fused-ring (bicyclic) bond motifs is 2. The van der Waals surface area contributed by atoms with Gasteiger partial charge in [0.15, 0.2) is 6.10 Å². The van der Waals surface area contributed by atoms with Crippen LogP contribution in [-0.4, -0.2) is 83.6 Å². The molecule has 0 bridgehead atoms. The number of ether oxygens (including phenoxy) is 1. The van der Waals surface area contributed by atoms with Crippen LogP contribution in [0.3, 0.4) is 0 Å². The van der Waals surface area contributed by atoms with Crippen molar-refractivity contribution >= 4 is 17.3 Å². The number of likely N-dealkylation sites (N-methyl/N-ethyl adjacent to an activating group) is 1. The molecule has 2 aliphatic heterocycles. The van der Waals surface area contributed by atoms with Crippen LogP contribution in [0.5, 0.6) is 0 Å². The Morgan fingerprint density at radius 1 is 0.970 bits per heavy atom. The van der Waals surface area contributed by atoms with E-state index in [0.29, 0.717) is 13.1 Å². The number of hydrogen-bond donors (Lipinski definition) is 3. The van der Waals surface area contributed by atoms with Gasteiger partial charge in [0.05, 0.1) is 26.6 Å². The van der Waals surface area contributed by atoms with Gasteiger partial charge in [-0.2, -0.15) is 0 Å². The number of hydrogen-bond acceptors (Lipinski definition) is 7. The van der Waals surface area contributed by atoms with Gasteiger partial charge in [0.1, 0.15) is 18.3 Å². The summed E-state index contributed by atoms with van der Waals surface area (Å²) < 4.78 is 5.64. The molecule has 4 rings (SSSR count). The van der Waals surface area contributed by atoms with E-state index >= 15 is 0 Å². The number of quaternary nitrogens is 1. The molecule has 0 aliphatic carbocycles. The monoisotopic (exact) mass is 456 g/mol. The summed E-state index contributed by atoms with van der Waals surface area (Å²) >= 11 is 0. The Hall–Kier alpha value is -2.49. The van der Waals surface area contributed by atoms with Crippen molar-refractivity contribution in [2.75, 3.05) is 32.1 Å². The molecule has 3 N–H and O–H groups in total. The maximum atomic E-state index is 11.4. The number of aliphatic hydroxyl groups excluding tert-OH is 3. The van der Waals surface area contributed by atoms with Gasteiger partial charge in [-0.15, -0.1) is 0 Å². The molecule has 5 atom stereocenters. The summed E-state index contributed by atoms with van der Waals surface area (Å²) in [6.45, 7) is 1.26.